The summed E-state index contributed by atoms with van der Waals surface area (Å²) in [6.45, 7) is 2.30. The molecule has 0 aliphatic carbocycles. The monoisotopic (exact) mass is 258 g/mol. The zero-order chi connectivity index (χ0) is 12.8. The van der Waals surface area contributed by atoms with Crippen LogP contribution < -0.4 is 5.73 Å². The highest BCUT2D eigenvalue weighted by Gasteiger charge is 2.13. The maximum atomic E-state index is 10.7. The van der Waals surface area contributed by atoms with Gasteiger partial charge in [-0.3, -0.25) is 9.59 Å². The van der Waals surface area contributed by atoms with E-state index in [1.54, 1.807) is 4.57 Å². The Morgan fingerprint density at radius 1 is 1.47 bits per heavy atom. The normalized spacial score (nSPS) is 10.4. The lowest BCUT2D eigenvalue weighted by Crippen LogP contribution is -2.15. The molecule has 17 heavy (non-hydrogen) atoms. The van der Waals surface area contributed by atoms with E-state index in [9.17, 15) is 9.59 Å². The number of hydrogen-bond acceptors (Lipinski definition) is 5. The van der Waals surface area contributed by atoms with Gasteiger partial charge >= 0.3 is 5.97 Å². The largest absolute Gasteiger partial charge is 0.481 e. The minimum absolute atomic E-state index is 0.0849. The van der Waals surface area contributed by atoms with E-state index >= 15 is 0 Å². The summed E-state index contributed by atoms with van der Waals surface area (Å²) in [6.07, 6.45) is 0.852. The van der Waals surface area contributed by atoms with Crippen molar-refractivity contribution in [1.29, 1.82) is 0 Å². The number of carboxylic acid groups (broad SMARTS) is 1. The predicted octanol–water partition coefficient (Wildman–Crippen LogP) is -0.107. The molecule has 0 spiro atoms. The van der Waals surface area contributed by atoms with Crippen molar-refractivity contribution in [2.45, 2.75) is 31.5 Å². The molecule has 1 aromatic rings. The summed E-state index contributed by atoms with van der Waals surface area (Å²) in [6, 6.07) is 0. The van der Waals surface area contributed by atoms with Crippen LogP contribution in [-0.2, 0) is 22.6 Å². The highest BCUT2D eigenvalue weighted by Crippen LogP contribution is 2.17. The molecule has 1 aromatic heterocycles. The van der Waals surface area contributed by atoms with E-state index in [-0.39, 0.29) is 12.2 Å². The number of aliphatic carboxylic acids is 1. The fourth-order valence-electron chi connectivity index (χ4n) is 1.26. The molecule has 0 unspecified atom stereocenters. The molecule has 3 N–H and O–H groups in total. The van der Waals surface area contributed by atoms with E-state index < -0.39 is 11.9 Å². The van der Waals surface area contributed by atoms with Crippen molar-refractivity contribution in [3.8, 4) is 0 Å². The molecule has 7 nitrogen and oxygen atoms in total. The molecule has 1 heterocycles. The molecule has 8 heteroatoms. The van der Waals surface area contributed by atoms with Gasteiger partial charge in [0.25, 0.3) is 0 Å². The third-order valence-corrected chi connectivity index (χ3v) is 2.97. The van der Waals surface area contributed by atoms with Crippen LogP contribution >= 0.6 is 11.8 Å². The minimum atomic E-state index is -0.919. The van der Waals surface area contributed by atoms with Crippen molar-refractivity contribution in [2.75, 3.05) is 5.75 Å². The van der Waals surface area contributed by atoms with Gasteiger partial charge in [-0.25, -0.2) is 0 Å². The number of rotatable bonds is 7. The number of hydrogen-bond donors (Lipinski definition) is 2. The van der Waals surface area contributed by atoms with Gasteiger partial charge in [0.15, 0.2) is 5.16 Å². The molecule has 0 fully saturated rings. The van der Waals surface area contributed by atoms with Crippen LogP contribution in [0.1, 0.15) is 19.2 Å². The third-order valence-electron chi connectivity index (χ3n) is 2.02. The number of nitrogens with two attached hydrogens (primary N) is 1. The summed E-state index contributed by atoms with van der Waals surface area (Å²) in [5, 5.41) is 16.9. The number of nitrogens with zero attached hydrogens (tertiary/aromatic N) is 3. The first-order valence-electron chi connectivity index (χ1n) is 5.09. The maximum Gasteiger partial charge on any atom is 0.313 e. The maximum absolute atomic E-state index is 10.7. The summed E-state index contributed by atoms with van der Waals surface area (Å²) in [4.78, 5) is 21.2. The van der Waals surface area contributed by atoms with Gasteiger partial charge < -0.3 is 15.4 Å². The Labute approximate surface area is 102 Å². The molecule has 0 aromatic carbocycles. The number of primary amides is 1. The molecule has 0 radical (unpaired) electrons. The molecular weight excluding hydrogens is 244 g/mol. The van der Waals surface area contributed by atoms with E-state index in [0.29, 0.717) is 18.1 Å². The SMILES string of the molecule is CCc1nnc(SCC(=O)O)n1CCC(N)=O. The van der Waals surface area contributed by atoms with Gasteiger partial charge in [-0.05, 0) is 0 Å². The summed E-state index contributed by atoms with van der Waals surface area (Å²) in [5.74, 6) is -0.690. The molecule has 0 saturated carbocycles. The van der Waals surface area contributed by atoms with Crippen molar-refractivity contribution in [3.63, 3.8) is 0 Å². The number of carbonyl (C=O) groups is 2. The van der Waals surface area contributed by atoms with Gasteiger partial charge in [-0.2, -0.15) is 0 Å². The molecule has 0 bridgehead atoms. The first-order chi connectivity index (χ1) is 8.04. The Bertz CT molecular complexity index is 418. The van der Waals surface area contributed by atoms with Crippen LogP contribution in [0.25, 0.3) is 0 Å². The zero-order valence-corrected chi connectivity index (χ0v) is 10.2. The van der Waals surface area contributed by atoms with Crippen LogP contribution in [-0.4, -0.2) is 37.5 Å². The van der Waals surface area contributed by atoms with Crippen LogP contribution in [0, 0.1) is 0 Å². The van der Waals surface area contributed by atoms with Crippen molar-refractivity contribution in [3.05, 3.63) is 5.82 Å². The van der Waals surface area contributed by atoms with E-state index in [2.05, 4.69) is 10.2 Å². The third kappa shape index (κ3) is 4.06. The summed E-state index contributed by atoms with van der Waals surface area (Å²) >= 11 is 1.08. The Balaban J connectivity index is 2.77. The number of aromatic nitrogens is 3. The summed E-state index contributed by atoms with van der Waals surface area (Å²) in [7, 11) is 0. The fourth-order valence-corrected chi connectivity index (χ4v) is 1.96. The molecule has 0 atom stereocenters. The lowest BCUT2D eigenvalue weighted by Gasteiger charge is -2.06. The number of aryl methyl sites for hydroxylation is 1. The Morgan fingerprint density at radius 3 is 2.71 bits per heavy atom. The summed E-state index contributed by atoms with van der Waals surface area (Å²) in [5.41, 5.74) is 5.08. The van der Waals surface area contributed by atoms with E-state index in [1.807, 2.05) is 6.92 Å². The van der Waals surface area contributed by atoms with Crippen LogP contribution in [0.3, 0.4) is 0 Å². The molecule has 1 rings (SSSR count). The van der Waals surface area contributed by atoms with Gasteiger partial charge in [0.2, 0.25) is 5.91 Å². The van der Waals surface area contributed by atoms with Gasteiger partial charge in [-0.1, -0.05) is 18.7 Å². The summed E-state index contributed by atoms with van der Waals surface area (Å²) < 4.78 is 1.73. The van der Waals surface area contributed by atoms with Gasteiger partial charge in [-0.15, -0.1) is 10.2 Å². The standard InChI is InChI=1S/C9H14N4O3S/c1-2-7-11-12-9(17-5-8(15)16)13(7)4-3-6(10)14/h2-5H2,1H3,(H2,10,14)(H,15,16). The van der Waals surface area contributed by atoms with Crippen molar-refractivity contribution in [2.24, 2.45) is 5.73 Å². The lowest BCUT2D eigenvalue weighted by molar-refractivity contribution is -0.134. The number of carbonyl (C=O) groups excluding carboxylic acids is 1. The van der Waals surface area contributed by atoms with E-state index in [0.717, 1.165) is 17.6 Å². The quantitative estimate of drug-likeness (QED) is 0.660. The number of thioether (sulfide) groups is 1. The second-order valence-electron chi connectivity index (χ2n) is 3.30. The Hall–Kier alpha value is -1.57. The molecule has 1 amide bonds. The second kappa shape index (κ2) is 6.24. The first kappa shape index (κ1) is 13.5. The predicted molar refractivity (Wildman–Crippen MR) is 61.6 cm³/mol. The van der Waals surface area contributed by atoms with Crippen LogP contribution in [0.4, 0.5) is 0 Å². The van der Waals surface area contributed by atoms with E-state index in [4.69, 9.17) is 10.8 Å². The molecule has 0 aliphatic rings. The second-order valence-corrected chi connectivity index (χ2v) is 4.25. The first-order valence-corrected chi connectivity index (χ1v) is 6.08. The highest BCUT2D eigenvalue weighted by atomic mass is 32.2. The fraction of sp³-hybridized carbons (Fsp3) is 0.556. The van der Waals surface area contributed by atoms with Gasteiger partial charge in [0, 0.05) is 19.4 Å². The van der Waals surface area contributed by atoms with Gasteiger partial charge in [0.05, 0.1) is 5.75 Å². The smallest absolute Gasteiger partial charge is 0.313 e. The molecule has 94 valence electrons. The van der Waals surface area contributed by atoms with Gasteiger partial charge in [0.1, 0.15) is 5.82 Å². The lowest BCUT2D eigenvalue weighted by atomic mass is 10.4. The molecule has 0 saturated heterocycles. The van der Waals surface area contributed by atoms with Crippen LogP contribution in [0.5, 0.6) is 0 Å². The Kier molecular flexibility index (Phi) is 4.95. The highest BCUT2D eigenvalue weighted by molar-refractivity contribution is 7.99. The van der Waals surface area contributed by atoms with Crippen molar-refractivity contribution < 1.29 is 14.7 Å². The molecule has 0 aliphatic heterocycles. The topological polar surface area (TPSA) is 111 Å². The minimum Gasteiger partial charge on any atom is -0.481 e. The average Bonchev–Trinajstić information content (AvgIpc) is 2.65. The number of carboxylic acids is 1. The zero-order valence-electron chi connectivity index (χ0n) is 9.42. The van der Waals surface area contributed by atoms with Crippen molar-refractivity contribution >= 4 is 23.6 Å². The average molecular weight is 258 g/mol. The number of amides is 1. The van der Waals surface area contributed by atoms with Crippen molar-refractivity contribution in [1.82, 2.24) is 14.8 Å². The Morgan fingerprint density at radius 2 is 2.18 bits per heavy atom. The molecular formula is C9H14N4O3S. The van der Waals surface area contributed by atoms with Crippen LogP contribution in [0.2, 0.25) is 0 Å². The van der Waals surface area contributed by atoms with Crippen LogP contribution in [0.15, 0.2) is 5.16 Å². The van der Waals surface area contributed by atoms with E-state index in [1.165, 1.54) is 0 Å².